The third-order valence-corrected chi connectivity index (χ3v) is 10.8. The lowest BCUT2D eigenvalue weighted by atomic mass is 10.1. The SMILES string of the molecule is c1ccc(-c2nc(-c3ccccc3)nc(-c3ccc(N(c4cccc(N(c5ccccc5)c5ccccc5)c4)c4cccc(N(c5ccccc5)c5ccccc5)c4)cc3)n2)cc1. The Bertz CT molecular complexity index is 2780. The lowest BCUT2D eigenvalue weighted by molar-refractivity contribution is 1.07. The minimum atomic E-state index is 0.604. The summed E-state index contributed by atoms with van der Waals surface area (Å²) in [5, 5.41) is 0. The molecule has 10 aromatic rings. The molecule has 1 heterocycles. The van der Waals surface area contributed by atoms with Crippen molar-refractivity contribution in [1.82, 2.24) is 15.0 Å². The molecule has 0 atom stereocenters. The van der Waals surface area contributed by atoms with E-state index in [-0.39, 0.29) is 0 Å². The fraction of sp³-hybridized carbons (Fsp3) is 0. The highest BCUT2D eigenvalue weighted by Gasteiger charge is 2.20. The Labute approximate surface area is 368 Å². The summed E-state index contributed by atoms with van der Waals surface area (Å²) in [5.74, 6) is 1.86. The molecule has 6 nitrogen and oxygen atoms in total. The first-order valence-electron chi connectivity index (χ1n) is 21.0. The van der Waals surface area contributed by atoms with Crippen molar-refractivity contribution in [2.24, 2.45) is 0 Å². The van der Waals surface area contributed by atoms with Crippen molar-refractivity contribution in [3.63, 3.8) is 0 Å². The Balaban J connectivity index is 1.11. The Morgan fingerprint density at radius 3 is 0.714 bits per heavy atom. The lowest BCUT2D eigenvalue weighted by Gasteiger charge is -2.31. The van der Waals surface area contributed by atoms with Crippen LogP contribution in [0.15, 0.2) is 255 Å². The number of hydrogen-bond donors (Lipinski definition) is 0. The summed E-state index contributed by atoms with van der Waals surface area (Å²) in [4.78, 5) is 21.9. The maximum Gasteiger partial charge on any atom is 0.164 e. The Kier molecular flexibility index (Phi) is 11.0. The van der Waals surface area contributed by atoms with Crippen LogP contribution in [0, 0.1) is 0 Å². The molecule has 10 rings (SSSR count). The van der Waals surface area contributed by atoms with Gasteiger partial charge in [0.15, 0.2) is 17.5 Å². The first-order valence-corrected chi connectivity index (χ1v) is 21.0. The van der Waals surface area contributed by atoms with Crippen molar-refractivity contribution in [3.05, 3.63) is 255 Å². The van der Waals surface area contributed by atoms with Crippen LogP contribution in [-0.2, 0) is 0 Å². The maximum absolute atomic E-state index is 5.02. The average molecular weight is 811 g/mol. The predicted octanol–water partition coefficient (Wildman–Crippen LogP) is 15.3. The largest absolute Gasteiger partial charge is 0.310 e. The molecule has 0 N–H and O–H groups in total. The van der Waals surface area contributed by atoms with E-state index in [4.69, 9.17) is 15.0 Å². The van der Waals surface area contributed by atoms with Crippen molar-refractivity contribution in [2.45, 2.75) is 0 Å². The van der Waals surface area contributed by atoms with Crippen LogP contribution in [0.4, 0.5) is 51.2 Å². The molecule has 300 valence electrons. The molecule has 0 fully saturated rings. The van der Waals surface area contributed by atoms with Crippen LogP contribution in [0.5, 0.6) is 0 Å². The number of anilines is 9. The molecule has 0 spiro atoms. The van der Waals surface area contributed by atoms with Crippen LogP contribution < -0.4 is 14.7 Å². The maximum atomic E-state index is 5.02. The third kappa shape index (κ3) is 8.42. The Morgan fingerprint density at radius 1 is 0.190 bits per heavy atom. The molecule has 9 aromatic carbocycles. The summed E-state index contributed by atoms with van der Waals surface area (Å²) < 4.78 is 0. The Morgan fingerprint density at radius 2 is 0.413 bits per heavy atom. The van der Waals surface area contributed by atoms with E-state index in [1.54, 1.807) is 0 Å². The van der Waals surface area contributed by atoms with Gasteiger partial charge in [-0.1, -0.05) is 146 Å². The molecule has 63 heavy (non-hydrogen) atoms. The fourth-order valence-corrected chi connectivity index (χ4v) is 7.89. The van der Waals surface area contributed by atoms with Gasteiger partial charge < -0.3 is 14.7 Å². The van der Waals surface area contributed by atoms with Crippen LogP contribution in [0.3, 0.4) is 0 Å². The van der Waals surface area contributed by atoms with Crippen molar-refractivity contribution >= 4 is 51.2 Å². The molecule has 0 amide bonds. The molecule has 0 aliphatic carbocycles. The topological polar surface area (TPSA) is 48.4 Å². The van der Waals surface area contributed by atoms with Crippen molar-refractivity contribution < 1.29 is 0 Å². The number of hydrogen-bond acceptors (Lipinski definition) is 6. The van der Waals surface area contributed by atoms with Gasteiger partial charge in [-0.25, -0.2) is 15.0 Å². The van der Waals surface area contributed by atoms with Gasteiger partial charge in [-0.05, 0) is 109 Å². The van der Waals surface area contributed by atoms with Crippen LogP contribution in [-0.4, -0.2) is 15.0 Å². The third-order valence-electron chi connectivity index (χ3n) is 10.8. The van der Waals surface area contributed by atoms with Crippen molar-refractivity contribution in [2.75, 3.05) is 14.7 Å². The zero-order valence-electron chi connectivity index (χ0n) is 34.4. The van der Waals surface area contributed by atoms with Crippen molar-refractivity contribution in [1.29, 1.82) is 0 Å². The van der Waals surface area contributed by atoms with Crippen LogP contribution in [0.1, 0.15) is 0 Å². The van der Waals surface area contributed by atoms with E-state index in [0.29, 0.717) is 17.5 Å². The molecular weight excluding hydrogens is 769 g/mol. The monoisotopic (exact) mass is 810 g/mol. The second-order valence-corrected chi connectivity index (χ2v) is 15.0. The molecule has 0 unspecified atom stereocenters. The zero-order valence-corrected chi connectivity index (χ0v) is 34.4. The summed E-state index contributed by atoms with van der Waals surface area (Å²) in [6, 6.07) is 88.2. The number of rotatable bonds is 12. The number of benzene rings is 9. The summed E-state index contributed by atoms with van der Waals surface area (Å²) in [5.41, 5.74) is 12.1. The summed E-state index contributed by atoms with van der Waals surface area (Å²) in [7, 11) is 0. The summed E-state index contributed by atoms with van der Waals surface area (Å²) >= 11 is 0. The minimum absolute atomic E-state index is 0.604. The molecule has 0 saturated carbocycles. The number of aromatic nitrogens is 3. The van der Waals surface area contributed by atoms with Crippen LogP contribution >= 0.6 is 0 Å². The zero-order chi connectivity index (χ0) is 42.2. The normalized spacial score (nSPS) is 10.9. The highest BCUT2D eigenvalue weighted by molar-refractivity contribution is 5.86. The van der Waals surface area contributed by atoms with E-state index in [9.17, 15) is 0 Å². The van der Waals surface area contributed by atoms with Gasteiger partial charge in [0.2, 0.25) is 0 Å². The smallest absolute Gasteiger partial charge is 0.164 e. The quantitative estimate of drug-likeness (QED) is 0.122. The van der Waals surface area contributed by atoms with Gasteiger partial charge in [0.05, 0.1) is 0 Å². The molecular formula is C57H42N6. The van der Waals surface area contributed by atoms with Gasteiger partial charge >= 0.3 is 0 Å². The lowest BCUT2D eigenvalue weighted by Crippen LogP contribution is -2.14. The van der Waals surface area contributed by atoms with Crippen LogP contribution in [0.2, 0.25) is 0 Å². The molecule has 0 saturated heterocycles. The van der Waals surface area contributed by atoms with E-state index in [1.807, 2.05) is 60.7 Å². The van der Waals surface area contributed by atoms with E-state index in [2.05, 4.69) is 209 Å². The second-order valence-electron chi connectivity index (χ2n) is 15.0. The van der Waals surface area contributed by atoms with E-state index < -0.39 is 0 Å². The minimum Gasteiger partial charge on any atom is -0.310 e. The summed E-state index contributed by atoms with van der Waals surface area (Å²) in [6.07, 6.45) is 0. The van der Waals surface area contributed by atoms with Gasteiger partial charge in [0.25, 0.3) is 0 Å². The Hall–Kier alpha value is -8.61. The van der Waals surface area contributed by atoms with Gasteiger partial charge in [0.1, 0.15) is 0 Å². The molecule has 6 heteroatoms. The predicted molar refractivity (Wildman–Crippen MR) is 260 cm³/mol. The number of nitrogens with zero attached hydrogens (tertiary/aromatic N) is 6. The van der Waals surface area contributed by atoms with E-state index >= 15 is 0 Å². The summed E-state index contributed by atoms with van der Waals surface area (Å²) in [6.45, 7) is 0. The van der Waals surface area contributed by atoms with Crippen molar-refractivity contribution in [3.8, 4) is 34.2 Å². The highest BCUT2D eigenvalue weighted by atomic mass is 15.2. The molecule has 1 aromatic heterocycles. The highest BCUT2D eigenvalue weighted by Crippen LogP contribution is 2.43. The molecule has 0 radical (unpaired) electrons. The number of para-hydroxylation sites is 4. The average Bonchev–Trinajstić information content (AvgIpc) is 3.36. The standard InChI is InChI=1S/C57H42N6/c1-7-21-43(22-8-1)55-58-56(44-23-9-2-10-24-44)60-57(59-55)45-37-39-50(40-38-45)63(53-35-19-33-51(41-53)61(46-25-11-3-12-26-46)47-27-13-4-14-28-47)54-36-20-34-52(42-54)62(48-29-15-5-16-30-48)49-31-17-6-18-32-49/h1-42H. The van der Waals surface area contributed by atoms with Gasteiger partial charge in [-0.15, -0.1) is 0 Å². The van der Waals surface area contributed by atoms with E-state index in [0.717, 1.165) is 67.9 Å². The molecule has 0 bridgehead atoms. The first-order chi connectivity index (χ1) is 31.2. The van der Waals surface area contributed by atoms with Gasteiger partial charge in [-0.2, -0.15) is 0 Å². The first kappa shape index (κ1) is 38.6. The second kappa shape index (κ2) is 17.9. The van der Waals surface area contributed by atoms with E-state index in [1.165, 1.54) is 0 Å². The van der Waals surface area contributed by atoms with Gasteiger partial charge in [0, 0.05) is 67.9 Å². The molecule has 0 aliphatic rings. The molecule has 0 aliphatic heterocycles. The fourth-order valence-electron chi connectivity index (χ4n) is 7.89. The van der Waals surface area contributed by atoms with Gasteiger partial charge in [-0.3, -0.25) is 0 Å². The van der Waals surface area contributed by atoms with Crippen LogP contribution in [0.25, 0.3) is 34.2 Å².